The number of carboxylic acids is 1. The molecule has 0 radical (unpaired) electrons. The lowest BCUT2D eigenvalue weighted by molar-refractivity contribution is -0.385. The lowest BCUT2D eigenvalue weighted by atomic mass is 10.1. The Bertz CT molecular complexity index is 552. The van der Waals surface area contributed by atoms with E-state index in [4.69, 9.17) is 19.3 Å². The van der Waals surface area contributed by atoms with E-state index in [1.165, 1.54) is 7.11 Å². The number of benzene rings is 1. The van der Waals surface area contributed by atoms with Crippen molar-refractivity contribution in [3.63, 3.8) is 0 Å². The second kappa shape index (κ2) is 6.40. The molecule has 0 aliphatic carbocycles. The van der Waals surface area contributed by atoms with Crippen LogP contribution in [0.3, 0.4) is 0 Å². The Kier molecular flexibility index (Phi) is 4.59. The van der Waals surface area contributed by atoms with Gasteiger partial charge < -0.3 is 19.3 Å². The Morgan fingerprint density at radius 2 is 2.29 bits per heavy atom. The number of ether oxygens (including phenoxy) is 3. The molecule has 0 spiro atoms. The van der Waals surface area contributed by atoms with Crippen LogP contribution >= 0.6 is 0 Å². The third kappa shape index (κ3) is 3.40. The zero-order chi connectivity index (χ0) is 15.4. The number of carbonyl (C=O) groups is 1. The lowest BCUT2D eigenvalue weighted by Gasteiger charge is -2.14. The van der Waals surface area contributed by atoms with Gasteiger partial charge in [0, 0.05) is 12.7 Å². The summed E-state index contributed by atoms with van der Waals surface area (Å²) in [4.78, 5) is 21.2. The van der Waals surface area contributed by atoms with E-state index in [0.29, 0.717) is 6.61 Å². The largest absolute Gasteiger partial charge is 0.493 e. The molecule has 0 saturated carbocycles. The maximum absolute atomic E-state index is 11.1. The molecule has 114 valence electrons. The Labute approximate surface area is 120 Å². The van der Waals surface area contributed by atoms with Gasteiger partial charge in [0.15, 0.2) is 11.5 Å². The minimum Gasteiger partial charge on any atom is -0.493 e. The van der Waals surface area contributed by atoms with E-state index >= 15 is 0 Å². The van der Waals surface area contributed by atoms with Crippen molar-refractivity contribution in [3.05, 3.63) is 27.8 Å². The minimum atomic E-state index is -1.40. The molecule has 1 fully saturated rings. The first-order chi connectivity index (χ1) is 10.0. The van der Waals surface area contributed by atoms with Crippen molar-refractivity contribution in [1.29, 1.82) is 0 Å². The van der Waals surface area contributed by atoms with Crippen molar-refractivity contribution < 1.29 is 29.0 Å². The number of hydrogen-bond acceptors (Lipinski definition) is 6. The van der Waals surface area contributed by atoms with Gasteiger partial charge in [-0.05, 0) is 12.8 Å². The molecular weight excluding hydrogens is 282 g/mol. The average Bonchev–Trinajstić information content (AvgIpc) is 2.97. The molecule has 1 atom stereocenters. The molecule has 0 unspecified atom stereocenters. The van der Waals surface area contributed by atoms with E-state index in [1.807, 2.05) is 0 Å². The van der Waals surface area contributed by atoms with Crippen LogP contribution < -0.4 is 9.47 Å². The second-order valence-electron chi connectivity index (χ2n) is 4.53. The van der Waals surface area contributed by atoms with Crippen LogP contribution in [0.1, 0.15) is 23.2 Å². The summed E-state index contributed by atoms with van der Waals surface area (Å²) in [5.74, 6) is -1.13. The van der Waals surface area contributed by atoms with Gasteiger partial charge in [-0.3, -0.25) is 10.1 Å². The van der Waals surface area contributed by atoms with Crippen LogP contribution in [0.2, 0.25) is 0 Å². The molecule has 1 aromatic rings. The van der Waals surface area contributed by atoms with Gasteiger partial charge in [-0.15, -0.1) is 0 Å². The van der Waals surface area contributed by atoms with Crippen molar-refractivity contribution >= 4 is 11.7 Å². The number of nitro benzene ring substituents is 1. The van der Waals surface area contributed by atoms with Crippen molar-refractivity contribution in [3.8, 4) is 11.5 Å². The molecule has 1 aliphatic heterocycles. The number of rotatable bonds is 6. The first-order valence-electron chi connectivity index (χ1n) is 6.37. The van der Waals surface area contributed by atoms with Gasteiger partial charge in [-0.1, -0.05) is 0 Å². The van der Waals surface area contributed by atoms with E-state index in [0.717, 1.165) is 25.0 Å². The zero-order valence-corrected chi connectivity index (χ0v) is 11.4. The van der Waals surface area contributed by atoms with Gasteiger partial charge >= 0.3 is 5.97 Å². The van der Waals surface area contributed by atoms with Gasteiger partial charge in [0.1, 0.15) is 12.2 Å². The monoisotopic (exact) mass is 297 g/mol. The minimum absolute atomic E-state index is 0.0621. The molecule has 0 bridgehead atoms. The molecule has 1 aliphatic rings. The molecule has 2 rings (SSSR count). The van der Waals surface area contributed by atoms with Gasteiger partial charge in [0.05, 0.1) is 24.2 Å². The zero-order valence-electron chi connectivity index (χ0n) is 11.4. The molecule has 1 aromatic carbocycles. The van der Waals surface area contributed by atoms with E-state index in [2.05, 4.69) is 0 Å². The summed E-state index contributed by atoms with van der Waals surface area (Å²) in [5.41, 5.74) is -0.980. The number of methoxy groups -OCH3 is 1. The SMILES string of the molecule is COc1cc(C(=O)O)c([N+](=O)[O-])cc1OC[C@@H]1CCCO1. The number of carboxylic acid groups (broad SMARTS) is 1. The van der Waals surface area contributed by atoms with Gasteiger partial charge in [0.2, 0.25) is 0 Å². The van der Waals surface area contributed by atoms with Gasteiger partial charge in [-0.2, -0.15) is 0 Å². The van der Waals surface area contributed by atoms with E-state index < -0.39 is 22.1 Å². The molecule has 0 aromatic heterocycles. The van der Waals surface area contributed by atoms with Crippen LogP contribution in [0.25, 0.3) is 0 Å². The highest BCUT2D eigenvalue weighted by Crippen LogP contribution is 2.35. The Morgan fingerprint density at radius 3 is 2.81 bits per heavy atom. The lowest BCUT2D eigenvalue weighted by Crippen LogP contribution is -2.17. The number of nitrogens with zero attached hydrogens (tertiary/aromatic N) is 1. The normalized spacial score (nSPS) is 17.5. The van der Waals surface area contributed by atoms with Crippen molar-refractivity contribution in [1.82, 2.24) is 0 Å². The second-order valence-corrected chi connectivity index (χ2v) is 4.53. The van der Waals surface area contributed by atoms with Crippen molar-refractivity contribution in [2.24, 2.45) is 0 Å². The van der Waals surface area contributed by atoms with Gasteiger partial charge in [0.25, 0.3) is 5.69 Å². The molecule has 8 heteroatoms. The predicted octanol–water partition coefficient (Wildman–Crippen LogP) is 1.86. The van der Waals surface area contributed by atoms with E-state index in [-0.39, 0.29) is 24.2 Å². The number of aromatic carboxylic acids is 1. The molecule has 1 heterocycles. The summed E-state index contributed by atoms with van der Waals surface area (Å²) in [6.07, 6.45) is 1.74. The Balaban J connectivity index is 2.27. The maximum Gasteiger partial charge on any atom is 0.342 e. The van der Waals surface area contributed by atoms with Crippen LogP contribution in [0.5, 0.6) is 11.5 Å². The predicted molar refractivity (Wildman–Crippen MR) is 71.1 cm³/mol. The topological polar surface area (TPSA) is 108 Å². The number of hydrogen-bond donors (Lipinski definition) is 1. The fourth-order valence-electron chi connectivity index (χ4n) is 2.10. The summed E-state index contributed by atoms with van der Waals surface area (Å²) in [5, 5.41) is 20.0. The summed E-state index contributed by atoms with van der Waals surface area (Å²) < 4.78 is 15.9. The highest BCUT2D eigenvalue weighted by atomic mass is 16.6. The van der Waals surface area contributed by atoms with Crippen molar-refractivity contribution in [2.75, 3.05) is 20.3 Å². The molecule has 8 nitrogen and oxygen atoms in total. The highest BCUT2D eigenvalue weighted by molar-refractivity contribution is 5.93. The molecule has 0 amide bonds. The highest BCUT2D eigenvalue weighted by Gasteiger charge is 2.25. The van der Waals surface area contributed by atoms with Crippen LogP contribution in [0.15, 0.2) is 12.1 Å². The van der Waals surface area contributed by atoms with E-state index in [1.54, 1.807) is 0 Å². The molecule has 1 saturated heterocycles. The summed E-state index contributed by atoms with van der Waals surface area (Å²) in [7, 11) is 1.34. The summed E-state index contributed by atoms with van der Waals surface area (Å²) >= 11 is 0. The fraction of sp³-hybridized carbons (Fsp3) is 0.462. The van der Waals surface area contributed by atoms with Gasteiger partial charge in [-0.25, -0.2) is 4.79 Å². The summed E-state index contributed by atoms with van der Waals surface area (Å²) in [6, 6.07) is 2.16. The third-order valence-electron chi connectivity index (χ3n) is 3.16. The quantitative estimate of drug-likeness (QED) is 0.630. The molecule has 1 N–H and O–H groups in total. The maximum atomic E-state index is 11.1. The van der Waals surface area contributed by atoms with Crippen LogP contribution in [0, 0.1) is 10.1 Å². The van der Waals surface area contributed by atoms with Crippen LogP contribution in [-0.2, 0) is 4.74 Å². The number of nitro groups is 1. The summed E-state index contributed by atoms with van der Waals surface area (Å²) in [6.45, 7) is 0.906. The standard InChI is InChI=1S/C13H15NO7/c1-19-11-5-9(13(15)16)10(14(17)18)6-12(11)21-7-8-3-2-4-20-8/h5-6,8H,2-4,7H2,1H3,(H,15,16)/t8-/m0/s1. The third-order valence-corrected chi connectivity index (χ3v) is 3.16. The Morgan fingerprint density at radius 1 is 1.52 bits per heavy atom. The smallest absolute Gasteiger partial charge is 0.342 e. The van der Waals surface area contributed by atoms with Crippen LogP contribution in [-0.4, -0.2) is 42.4 Å². The molecule has 21 heavy (non-hydrogen) atoms. The Hall–Kier alpha value is -2.35. The van der Waals surface area contributed by atoms with Crippen molar-refractivity contribution in [2.45, 2.75) is 18.9 Å². The van der Waals surface area contributed by atoms with E-state index in [9.17, 15) is 14.9 Å². The van der Waals surface area contributed by atoms with Crippen LogP contribution in [0.4, 0.5) is 5.69 Å². The fourth-order valence-corrected chi connectivity index (χ4v) is 2.10. The first kappa shape index (κ1) is 15.0. The first-order valence-corrected chi connectivity index (χ1v) is 6.37. The average molecular weight is 297 g/mol. The molecular formula is C13H15NO7.